The van der Waals surface area contributed by atoms with Crippen molar-refractivity contribution in [3.05, 3.63) is 35.3 Å². The molecular formula is C15H16N4O5. The van der Waals surface area contributed by atoms with Crippen LogP contribution in [0.25, 0.3) is 0 Å². The van der Waals surface area contributed by atoms with Crippen LogP contribution in [0.2, 0.25) is 0 Å². The molecule has 0 amide bonds. The van der Waals surface area contributed by atoms with Gasteiger partial charge in [0.05, 0.1) is 14.2 Å². The van der Waals surface area contributed by atoms with Crippen molar-refractivity contribution < 1.29 is 24.5 Å². The van der Waals surface area contributed by atoms with Gasteiger partial charge in [0.2, 0.25) is 11.7 Å². The predicted octanol–water partition coefficient (Wildman–Crippen LogP) is 1.29. The van der Waals surface area contributed by atoms with Crippen molar-refractivity contribution in [1.82, 2.24) is 14.8 Å². The zero-order valence-electron chi connectivity index (χ0n) is 13.3. The molecule has 0 saturated heterocycles. The Labute approximate surface area is 137 Å². The van der Waals surface area contributed by atoms with Gasteiger partial charge in [0, 0.05) is 0 Å². The first kappa shape index (κ1) is 15.7. The Hall–Kier alpha value is -3.23. The average Bonchev–Trinajstić information content (AvgIpc) is 2.94. The lowest BCUT2D eigenvalue weighted by molar-refractivity contribution is -0.132. The molecule has 126 valence electrons. The highest BCUT2D eigenvalue weighted by molar-refractivity contribution is 5.90. The number of aliphatic carboxylic acids is 1. The van der Waals surface area contributed by atoms with Crippen molar-refractivity contribution in [2.75, 3.05) is 19.5 Å². The summed E-state index contributed by atoms with van der Waals surface area (Å²) < 4.78 is 11.9. The van der Waals surface area contributed by atoms with E-state index in [2.05, 4.69) is 15.4 Å². The fourth-order valence-corrected chi connectivity index (χ4v) is 2.55. The number of hydrogen-bond acceptors (Lipinski definition) is 7. The van der Waals surface area contributed by atoms with Gasteiger partial charge in [-0.25, -0.2) is 9.48 Å². The number of nitrogens with zero attached hydrogens (tertiary/aromatic N) is 3. The maximum Gasteiger partial charge on any atom is 0.352 e. The molecule has 9 heteroatoms. The summed E-state index contributed by atoms with van der Waals surface area (Å²) in [6.07, 6.45) is 1.51. The number of phenolic OH excluding ortho intramolecular Hbond substituents is 1. The quantitative estimate of drug-likeness (QED) is 0.766. The zero-order chi connectivity index (χ0) is 17.4. The second-order valence-electron chi connectivity index (χ2n) is 5.16. The van der Waals surface area contributed by atoms with Gasteiger partial charge in [-0.2, -0.15) is 10.1 Å². The van der Waals surface area contributed by atoms with Crippen LogP contribution in [0.1, 0.15) is 17.4 Å². The highest BCUT2D eigenvalue weighted by Gasteiger charge is 2.28. The van der Waals surface area contributed by atoms with Crippen molar-refractivity contribution in [2.24, 2.45) is 0 Å². The molecule has 0 fully saturated rings. The van der Waals surface area contributed by atoms with Gasteiger partial charge in [-0.05, 0) is 30.7 Å². The average molecular weight is 332 g/mol. The Bertz CT molecular complexity index is 817. The van der Waals surface area contributed by atoms with E-state index in [0.29, 0.717) is 17.3 Å². The smallest absolute Gasteiger partial charge is 0.352 e. The third-order valence-corrected chi connectivity index (χ3v) is 3.65. The number of allylic oxidation sites excluding steroid dienone is 1. The van der Waals surface area contributed by atoms with E-state index in [-0.39, 0.29) is 22.9 Å². The van der Waals surface area contributed by atoms with Crippen LogP contribution in [0, 0.1) is 6.92 Å². The summed E-state index contributed by atoms with van der Waals surface area (Å²) >= 11 is 0. The van der Waals surface area contributed by atoms with Crippen molar-refractivity contribution >= 4 is 11.9 Å². The summed E-state index contributed by atoms with van der Waals surface area (Å²) in [5.41, 5.74) is 0.624. The number of ether oxygens (including phenoxy) is 2. The van der Waals surface area contributed by atoms with Crippen molar-refractivity contribution in [2.45, 2.75) is 13.0 Å². The van der Waals surface area contributed by atoms with Crippen molar-refractivity contribution in [1.29, 1.82) is 0 Å². The van der Waals surface area contributed by atoms with E-state index in [4.69, 9.17) is 9.47 Å². The molecule has 0 radical (unpaired) electrons. The molecule has 0 unspecified atom stereocenters. The van der Waals surface area contributed by atoms with Crippen LogP contribution < -0.4 is 14.8 Å². The molecule has 0 bridgehead atoms. The third-order valence-electron chi connectivity index (χ3n) is 3.65. The lowest BCUT2D eigenvalue weighted by atomic mass is 10.0. The van der Waals surface area contributed by atoms with Gasteiger partial charge in [-0.15, -0.1) is 0 Å². The van der Waals surface area contributed by atoms with Crippen LogP contribution in [-0.4, -0.2) is 45.2 Å². The summed E-state index contributed by atoms with van der Waals surface area (Å²) in [5, 5.41) is 26.4. The van der Waals surface area contributed by atoms with E-state index >= 15 is 0 Å². The number of rotatable bonds is 4. The lowest BCUT2D eigenvalue weighted by Crippen LogP contribution is -2.24. The van der Waals surface area contributed by atoms with Crippen molar-refractivity contribution in [3.63, 3.8) is 0 Å². The standard InChI is InChI=1S/C15H16N4O5/c1-7-16-15-17-9(14(21)22)6-10(19(15)18-7)8-4-11(23-2)13(20)12(5-8)24-3/h4-6,10,20H,1-3H3,(H,21,22)(H,16,17,18)/t10-/m0/s1. The Morgan fingerprint density at radius 2 is 1.92 bits per heavy atom. The van der Waals surface area contributed by atoms with E-state index < -0.39 is 12.0 Å². The molecule has 2 aromatic rings. The number of hydrogen-bond donors (Lipinski definition) is 3. The number of carboxylic acids is 1. The number of anilines is 1. The molecule has 0 saturated carbocycles. The predicted molar refractivity (Wildman–Crippen MR) is 83.5 cm³/mol. The number of aromatic hydroxyl groups is 1. The molecule has 1 aromatic heterocycles. The van der Waals surface area contributed by atoms with E-state index in [0.717, 1.165) is 0 Å². The van der Waals surface area contributed by atoms with Gasteiger partial charge < -0.3 is 25.0 Å². The monoisotopic (exact) mass is 332 g/mol. The minimum atomic E-state index is -1.11. The highest BCUT2D eigenvalue weighted by atomic mass is 16.5. The molecular weight excluding hydrogens is 316 g/mol. The first-order valence-corrected chi connectivity index (χ1v) is 7.04. The van der Waals surface area contributed by atoms with E-state index in [9.17, 15) is 15.0 Å². The van der Waals surface area contributed by atoms with E-state index in [1.807, 2.05) is 0 Å². The number of nitrogens with one attached hydrogen (secondary N) is 1. The number of benzene rings is 1. The minimum Gasteiger partial charge on any atom is -0.502 e. The molecule has 9 nitrogen and oxygen atoms in total. The van der Waals surface area contributed by atoms with Crippen molar-refractivity contribution in [3.8, 4) is 17.2 Å². The third kappa shape index (κ3) is 2.49. The summed E-state index contributed by atoms with van der Waals surface area (Å²) in [6.45, 7) is 1.71. The molecule has 1 aliphatic rings. The Morgan fingerprint density at radius 1 is 1.29 bits per heavy atom. The molecule has 1 aliphatic heterocycles. The fraction of sp³-hybridized carbons (Fsp3) is 0.267. The molecule has 0 aliphatic carbocycles. The SMILES string of the molecule is COc1cc([C@@H]2C=C(C(=O)O)Nc3nc(C)nn32)cc(OC)c1O. The molecule has 0 spiro atoms. The summed E-state index contributed by atoms with van der Waals surface area (Å²) in [4.78, 5) is 15.6. The number of fused-ring (bicyclic) bond motifs is 1. The normalized spacial score (nSPS) is 16.0. The number of aromatic nitrogens is 3. The fourth-order valence-electron chi connectivity index (χ4n) is 2.55. The van der Waals surface area contributed by atoms with Gasteiger partial charge >= 0.3 is 5.97 Å². The summed E-state index contributed by atoms with van der Waals surface area (Å²) in [5.74, 6) is 0.0153. The van der Waals surface area contributed by atoms with E-state index in [1.165, 1.54) is 20.3 Å². The second-order valence-corrected chi connectivity index (χ2v) is 5.16. The molecule has 1 aromatic carbocycles. The molecule has 3 N–H and O–H groups in total. The highest BCUT2D eigenvalue weighted by Crippen LogP contribution is 2.40. The van der Waals surface area contributed by atoms with Crippen LogP contribution in [0.15, 0.2) is 23.9 Å². The lowest BCUT2D eigenvalue weighted by Gasteiger charge is -2.23. The number of carbonyl (C=O) groups is 1. The van der Waals surface area contributed by atoms with Gasteiger partial charge in [-0.3, -0.25) is 0 Å². The second kappa shape index (κ2) is 5.76. The van der Waals surface area contributed by atoms with Gasteiger partial charge in [0.1, 0.15) is 17.6 Å². The Morgan fingerprint density at radius 3 is 2.46 bits per heavy atom. The molecule has 3 rings (SSSR count). The summed E-state index contributed by atoms with van der Waals surface area (Å²) in [6, 6.07) is 2.66. The zero-order valence-corrected chi connectivity index (χ0v) is 13.3. The number of carboxylic acid groups (broad SMARTS) is 1. The Balaban J connectivity index is 2.18. The van der Waals surface area contributed by atoms with Gasteiger partial charge in [-0.1, -0.05) is 0 Å². The van der Waals surface area contributed by atoms with E-state index in [1.54, 1.807) is 23.7 Å². The Kier molecular flexibility index (Phi) is 3.76. The van der Waals surface area contributed by atoms with Crippen LogP contribution in [0.4, 0.5) is 5.95 Å². The van der Waals surface area contributed by atoms with Gasteiger partial charge in [0.15, 0.2) is 11.5 Å². The first-order valence-electron chi connectivity index (χ1n) is 7.04. The number of methoxy groups -OCH3 is 2. The summed E-state index contributed by atoms with van der Waals surface area (Å²) in [7, 11) is 2.84. The number of aryl methyl sites for hydroxylation is 1. The van der Waals surface area contributed by atoms with Crippen LogP contribution in [0.5, 0.6) is 17.2 Å². The minimum absolute atomic E-state index is 0.00842. The van der Waals surface area contributed by atoms with Gasteiger partial charge in [0.25, 0.3) is 0 Å². The van der Waals surface area contributed by atoms with Crippen LogP contribution >= 0.6 is 0 Å². The van der Waals surface area contributed by atoms with Crippen LogP contribution in [0.3, 0.4) is 0 Å². The molecule has 1 atom stereocenters. The maximum absolute atomic E-state index is 11.4. The molecule has 2 heterocycles. The maximum atomic E-state index is 11.4. The molecule has 24 heavy (non-hydrogen) atoms. The van der Waals surface area contributed by atoms with Crippen LogP contribution in [-0.2, 0) is 4.79 Å². The topological polar surface area (TPSA) is 119 Å². The number of phenols is 1. The largest absolute Gasteiger partial charge is 0.502 e. The first-order chi connectivity index (χ1) is 11.4.